The molecule has 0 amide bonds. The average molecular weight is 717 g/mol. The van der Waals surface area contributed by atoms with Gasteiger partial charge in [0.25, 0.3) is 0 Å². The number of para-hydroxylation sites is 2. The molecule has 254 valence electrons. The Morgan fingerprint density at radius 3 is 2.43 bits per heavy atom. The summed E-state index contributed by atoms with van der Waals surface area (Å²) >= 11 is 3.83. The third-order valence-corrected chi connectivity index (χ3v) is 13.9. The van der Waals surface area contributed by atoms with E-state index in [2.05, 4.69) is 169 Å². The van der Waals surface area contributed by atoms with Gasteiger partial charge in [-0.3, -0.25) is 0 Å². The van der Waals surface area contributed by atoms with Crippen molar-refractivity contribution in [1.82, 2.24) is 4.57 Å². The van der Waals surface area contributed by atoms with Gasteiger partial charge in [-0.05, 0) is 97.1 Å². The van der Waals surface area contributed by atoms with Crippen LogP contribution >= 0.6 is 22.7 Å². The molecule has 0 N–H and O–H groups in total. The third-order valence-electron chi connectivity index (χ3n) is 11.6. The molecule has 2 atom stereocenters. The van der Waals surface area contributed by atoms with Crippen LogP contribution in [0.2, 0.25) is 0 Å². The van der Waals surface area contributed by atoms with Crippen molar-refractivity contribution in [3.8, 4) is 16.8 Å². The van der Waals surface area contributed by atoms with E-state index >= 15 is 0 Å². The lowest BCUT2D eigenvalue weighted by Gasteiger charge is -2.29. The number of hydrogen-bond donors (Lipinski definition) is 0. The Kier molecular flexibility index (Phi) is 6.95. The zero-order valence-electron chi connectivity index (χ0n) is 29.4. The van der Waals surface area contributed by atoms with Gasteiger partial charge in [-0.2, -0.15) is 0 Å². The van der Waals surface area contributed by atoms with Crippen LogP contribution in [0.3, 0.4) is 0 Å². The molecule has 2 unspecified atom stereocenters. The van der Waals surface area contributed by atoms with Crippen molar-refractivity contribution in [2.45, 2.75) is 31.7 Å². The van der Waals surface area contributed by atoms with E-state index < -0.39 is 0 Å². The number of hydrogen-bond acceptors (Lipinski definition) is 3. The molecule has 0 fully saturated rings. The molecule has 1 aliphatic carbocycles. The number of rotatable bonds is 5. The lowest BCUT2D eigenvalue weighted by molar-refractivity contribution is 0.692. The minimum absolute atomic E-state index is 0.209. The van der Waals surface area contributed by atoms with Gasteiger partial charge in [0.05, 0.1) is 11.0 Å². The Morgan fingerprint density at radius 2 is 1.51 bits per heavy atom. The number of allylic oxidation sites excluding steroid dienone is 3. The second-order valence-corrected chi connectivity index (χ2v) is 16.5. The molecule has 4 heteroatoms. The van der Waals surface area contributed by atoms with Crippen LogP contribution in [0.4, 0.5) is 11.4 Å². The number of anilines is 2. The predicted molar refractivity (Wildman–Crippen MR) is 232 cm³/mol. The van der Waals surface area contributed by atoms with Crippen LogP contribution < -0.4 is 4.90 Å². The van der Waals surface area contributed by atoms with Crippen LogP contribution in [-0.2, 0) is 6.42 Å². The molecule has 53 heavy (non-hydrogen) atoms. The van der Waals surface area contributed by atoms with Gasteiger partial charge in [0, 0.05) is 80.5 Å². The van der Waals surface area contributed by atoms with Gasteiger partial charge in [0.2, 0.25) is 0 Å². The van der Waals surface area contributed by atoms with Gasteiger partial charge < -0.3 is 9.47 Å². The van der Waals surface area contributed by atoms with Crippen molar-refractivity contribution in [1.29, 1.82) is 0 Å². The Balaban J connectivity index is 1.11. The number of aryl methyl sites for hydroxylation is 1. The molecule has 6 aromatic carbocycles. The summed E-state index contributed by atoms with van der Waals surface area (Å²) < 4.78 is 6.56. The summed E-state index contributed by atoms with van der Waals surface area (Å²) in [6.07, 6.45) is 13.3. The Bertz CT molecular complexity index is 3020. The number of thiophene rings is 2. The molecule has 0 radical (unpaired) electrons. The third kappa shape index (κ3) is 4.49. The Hall–Kier alpha value is -5.68. The van der Waals surface area contributed by atoms with Crippen molar-refractivity contribution in [2.75, 3.05) is 4.90 Å². The second kappa shape index (κ2) is 11.9. The summed E-state index contributed by atoms with van der Waals surface area (Å²) in [5.74, 6) is 0.219. The fraction of sp³-hybridized carbons (Fsp3) is 0.102. The van der Waals surface area contributed by atoms with Crippen molar-refractivity contribution < 1.29 is 0 Å². The summed E-state index contributed by atoms with van der Waals surface area (Å²) in [5.41, 5.74) is 11.6. The minimum atomic E-state index is 0.209. The smallest absolute Gasteiger partial charge is 0.0548 e. The van der Waals surface area contributed by atoms with Crippen LogP contribution in [-0.4, -0.2) is 10.6 Å². The largest absolute Gasteiger partial charge is 0.337 e. The molecule has 2 aliphatic rings. The van der Waals surface area contributed by atoms with Crippen LogP contribution in [0, 0.1) is 0 Å². The molecule has 9 aromatic rings. The van der Waals surface area contributed by atoms with Crippen LogP contribution in [0.5, 0.6) is 0 Å². The summed E-state index contributed by atoms with van der Waals surface area (Å²) in [5, 5.41) is 6.88. The van der Waals surface area contributed by atoms with E-state index in [1.807, 2.05) is 28.7 Å². The SMILES string of the molecule is C=C/C=C\C1c2c(ccc3sc4ccccc4c23)N(c2ccccc2-c2cccc(-n3c4ccccc4c4c5c6c(sc5ccc43)C=CCC6)c2)C1C. The first-order valence-electron chi connectivity index (χ1n) is 18.6. The maximum Gasteiger partial charge on any atom is 0.0548 e. The van der Waals surface area contributed by atoms with Gasteiger partial charge in [0.1, 0.15) is 0 Å². The predicted octanol–water partition coefficient (Wildman–Crippen LogP) is 14.4. The van der Waals surface area contributed by atoms with Crippen LogP contribution in [0.25, 0.3) is 75.0 Å². The lowest BCUT2D eigenvalue weighted by atomic mass is 9.91. The summed E-state index contributed by atoms with van der Waals surface area (Å²) in [4.78, 5) is 4.01. The molecule has 0 saturated heterocycles. The van der Waals surface area contributed by atoms with Gasteiger partial charge in [-0.25, -0.2) is 0 Å². The number of fused-ring (bicyclic) bond motifs is 12. The van der Waals surface area contributed by atoms with Gasteiger partial charge >= 0.3 is 0 Å². The molecule has 4 heterocycles. The molecule has 0 bridgehead atoms. The Labute approximate surface area is 316 Å². The standard InChI is InChI=1S/C49H36N2S2/c1-3-4-16-33-30(2)50(40-25-27-44-48(46(33)40)36-19-7-11-23-42(36)52-44)38-21-9-5-17-34(38)31-14-13-15-32(29-31)51-39-22-10-6-18-35(39)47-41(51)26-28-45-49(47)37-20-8-12-24-43(37)53-45/h3-7,9-19,21-30,33H,1,8,20H2,2H3/b16-4-. The maximum atomic E-state index is 4.03. The second-order valence-electron chi connectivity index (χ2n) is 14.4. The molecular formula is C49H36N2S2. The van der Waals surface area contributed by atoms with E-state index in [4.69, 9.17) is 0 Å². The quantitative estimate of drug-likeness (QED) is 0.161. The molecule has 2 nitrogen and oxygen atoms in total. The first-order valence-corrected chi connectivity index (χ1v) is 20.2. The fourth-order valence-electron chi connectivity index (χ4n) is 9.35. The van der Waals surface area contributed by atoms with Crippen molar-refractivity contribution >= 4 is 92.2 Å². The lowest BCUT2D eigenvalue weighted by Crippen LogP contribution is -2.26. The van der Waals surface area contributed by atoms with E-state index in [0.717, 1.165) is 12.8 Å². The van der Waals surface area contributed by atoms with Crippen molar-refractivity contribution in [3.05, 3.63) is 168 Å². The van der Waals surface area contributed by atoms with Crippen LogP contribution in [0.1, 0.15) is 35.3 Å². The van der Waals surface area contributed by atoms with Gasteiger partial charge in [0.15, 0.2) is 0 Å². The minimum Gasteiger partial charge on any atom is -0.337 e. The van der Waals surface area contributed by atoms with Crippen LogP contribution in [0.15, 0.2) is 152 Å². The molecule has 3 aromatic heterocycles. The van der Waals surface area contributed by atoms with E-state index in [-0.39, 0.29) is 12.0 Å². The fourth-order valence-corrected chi connectivity index (χ4v) is 11.7. The zero-order valence-corrected chi connectivity index (χ0v) is 31.1. The highest BCUT2D eigenvalue weighted by Gasteiger charge is 2.38. The maximum absolute atomic E-state index is 4.03. The first-order chi connectivity index (χ1) is 26.2. The topological polar surface area (TPSA) is 8.17 Å². The van der Waals surface area contributed by atoms with E-state index in [1.54, 1.807) is 0 Å². The first kappa shape index (κ1) is 30.9. The number of nitrogens with zero attached hydrogens (tertiary/aromatic N) is 2. The van der Waals surface area contributed by atoms with Gasteiger partial charge in [-0.15, -0.1) is 22.7 Å². The monoisotopic (exact) mass is 716 g/mol. The van der Waals surface area contributed by atoms with Crippen molar-refractivity contribution in [3.63, 3.8) is 0 Å². The highest BCUT2D eigenvalue weighted by molar-refractivity contribution is 7.25. The summed E-state index contributed by atoms with van der Waals surface area (Å²) in [6.45, 7) is 6.41. The van der Waals surface area contributed by atoms with Crippen molar-refractivity contribution in [2.24, 2.45) is 0 Å². The summed E-state index contributed by atoms with van der Waals surface area (Å²) in [7, 11) is 0. The van der Waals surface area contributed by atoms with E-state index in [9.17, 15) is 0 Å². The molecule has 0 saturated carbocycles. The van der Waals surface area contributed by atoms with E-state index in [1.165, 1.54) is 96.3 Å². The number of aromatic nitrogens is 1. The average Bonchev–Trinajstić information content (AvgIpc) is 3.94. The molecule has 1 aliphatic heterocycles. The molecular weight excluding hydrogens is 681 g/mol. The zero-order chi connectivity index (χ0) is 35.2. The molecule has 11 rings (SSSR count). The highest BCUT2D eigenvalue weighted by atomic mass is 32.1. The van der Waals surface area contributed by atoms with Gasteiger partial charge in [-0.1, -0.05) is 97.6 Å². The summed E-state index contributed by atoms with van der Waals surface area (Å²) in [6, 6.07) is 45.6. The number of benzene rings is 6. The Morgan fingerprint density at radius 1 is 0.698 bits per heavy atom. The highest BCUT2D eigenvalue weighted by Crippen LogP contribution is 2.53. The normalized spacial score (nSPS) is 16.9. The van der Waals surface area contributed by atoms with E-state index in [0.29, 0.717) is 0 Å². The molecule has 0 spiro atoms.